The van der Waals surface area contributed by atoms with E-state index in [1.165, 1.54) is 32.4 Å². The summed E-state index contributed by atoms with van der Waals surface area (Å²) in [7, 11) is 0. The van der Waals surface area contributed by atoms with Crippen molar-refractivity contribution in [3.05, 3.63) is 79.5 Å². The fraction of sp³-hybridized carbons (Fsp3) is 0.0500. The quantitative estimate of drug-likeness (QED) is 0.284. The van der Waals surface area contributed by atoms with Gasteiger partial charge in [0.2, 0.25) is 5.52 Å². The van der Waals surface area contributed by atoms with Crippen molar-refractivity contribution < 1.29 is 4.57 Å². The maximum absolute atomic E-state index is 3.90. The average Bonchev–Trinajstić information content (AvgIpc) is 2.54. The predicted molar refractivity (Wildman–Crippen MR) is 89.4 cm³/mol. The standard InChI is InChI=1S/C20H16N/c1-2-13-21-14-16-8-4-5-9-17(16)19-12-11-15-7-3-6-10-18(15)20(19)21/h2-12,14H,1,13H2/q+1. The summed E-state index contributed by atoms with van der Waals surface area (Å²) in [5.74, 6) is 0. The van der Waals surface area contributed by atoms with Gasteiger partial charge < -0.3 is 0 Å². The van der Waals surface area contributed by atoms with Gasteiger partial charge in [0.1, 0.15) is 0 Å². The summed E-state index contributed by atoms with van der Waals surface area (Å²) in [4.78, 5) is 0. The van der Waals surface area contributed by atoms with Crippen LogP contribution in [-0.4, -0.2) is 0 Å². The van der Waals surface area contributed by atoms with Crippen LogP contribution in [0.3, 0.4) is 0 Å². The molecule has 0 saturated heterocycles. The number of pyridine rings is 1. The Balaban J connectivity index is 2.29. The van der Waals surface area contributed by atoms with Crippen LogP contribution in [0.15, 0.2) is 79.5 Å². The highest BCUT2D eigenvalue weighted by Gasteiger charge is 2.15. The Labute approximate surface area is 123 Å². The van der Waals surface area contributed by atoms with Crippen molar-refractivity contribution in [2.24, 2.45) is 0 Å². The van der Waals surface area contributed by atoms with Gasteiger partial charge in [-0.25, -0.2) is 0 Å². The molecule has 0 aliphatic carbocycles. The zero-order valence-corrected chi connectivity index (χ0v) is 11.8. The largest absolute Gasteiger partial charge is 0.221 e. The Hall–Kier alpha value is -2.67. The molecule has 0 amide bonds. The molecule has 0 aliphatic rings. The van der Waals surface area contributed by atoms with E-state index in [9.17, 15) is 0 Å². The van der Waals surface area contributed by atoms with Gasteiger partial charge in [0.05, 0.1) is 10.8 Å². The van der Waals surface area contributed by atoms with Gasteiger partial charge in [-0.15, -0.1) is 0 Å². The van der Waals surface area contributed by atoms with Gasteiger partial charge in [0, 0.05) is 10.8 Å². The maximum atomic E-state index is 3.90. The first-order chi connectivity index (χ1) is 10.4. The highest BCUT2D eigenvalue weighted by molar-refractivity contribution is 6.13. The van der Waals surface area contributed by atoms with Crippen molar-refractivity contribution in [2.75, 3.05) is 0 Å². The number of aromatic nitrogens is 1. The van der Waals surface area contributed by atoms with E-state index in [0.29, 0.717) is 0 Å². The van der Waals surface area contributed by atoms with Gasteiger partial charge in [-0.2, -0.15) is 4.57 Å². The van der Waals surface area contributed by atoms with Crippen LogP contribution in [0.2, 0.25) is 0 Å². The van der Waals surface area contributed by atoms with Gasteiger partial charge in [-0.3, -0.25) is 0 Å². The molecule has 3 aromatic carbocycles. The second-order valence-corrected chi connectivity index (χ2v) is 5.34. The number of hydrogen-bond donors (Lipinski definition) is 0. The van der Waals surface area contributed by atoms with Crippen molar-refractivity contribution in [1.82, 2.24) is 0 Å². The molecule has 4 aromatic rings. The minimum Gasteiger partial charge on any atom is -0.193 e. The first-order valence-electron chi connectivity index (χ1n) is 7.22. The lowest BCUT2D eigenvalue weighted by molar-refractivity contribution is -0.658. The van der Waals surface area contributed by atoms with Crippen LogP contribution in [0.25, 0.3) is 32.4 Å². The number of nitrogens with zero attached hydrogens (tertiary/aromatic N) is 1. The lowest BCUT2D eigenvalue weighted by atomic mass is 10.0. The summed E-state index contributed by atoms with van der Waals surface area (Å²) in [6.45, 7) is 4.72. The molecule has 100 valence electrons. The molecule has 0 fully saturated rings. The Morgan fingerprint density at radius 3 is 2.29 bits per heavy atom. The van der Waals surface area contributed by atoms with Crippen LogP contribution in [0.1, 0.15) is 0 Å². The van der Waals surface area contributed by atoms with Gasteiger partial charge >= 0.3 is 0 Å². The zero-order chi connectivity index (χ0) is 14.2. The van der Waals surface area contributed by atoms with Crippen LogP contribution in [0.4, 0.5) is 0 Å². The Kier molecular flexibility index (Phi) is 2.71. The molecule has 0 N–H and O–H groups in total. The lowest BCUT2D eigenvalue weighted by Crippen LogP contribution is -2.33. The molecular formula is C20H16N+. The maximum Gasteiger partial charge on any atom is 0.221 e. The second-order valence-electron chi connectivity index (χ2n) is 5.34. The lowest BCUT2D eigenvalue weighted by Gasteiger charge is -2.07. The van der Waals surface area contributed by atoms with Crippen molar-refractivity contribution in [2.45, 2.75) is 6.54 Å². The second kappa shape index (κ2) is 4.71. The summed E-state index contributed by atoms with van der Waals surface area (Å²) in [5.41, 5.74) is 1.28. The highest BCUT2D eigenvalue weighted by Crippen LogP contribution is 2.28. The van der Waals surface area contributed by atoms with E-state index in [0.717, 1.165) is 6.54 Å². The third-order valence-corrected chi connectivity index (χ3v) is 4.06. The first-order valence-corrected chi connectivity index (χ1v) is 7.22. The summed E-state index contributed by atoms with van der Waals surface area (Å²) < 4.78 is 2.30. The van der Waals surface area contributed by atoms with Crippen molar-refractivity contribution in [3.8, 4) is 0 Å². The molecule has 1 heteroatoms. The minimum absolute atomic E-state index is 0.815. The van der Waals surface area contributed by atoms with Crippen LogP contribution in [0, 0.1) is 0 Å². The number of benzene rings is 3. The van der Waals surface area contributed by atoms with Crippen molar-refractivity contribution in [3.63, 3.8) is 0 Å². The van der Waals surface area contributed by atoms with E-state index in [1.807, 2.05) is 6.08 Å². The average molecular weight is 270 g/mol. The van der Waals surface area contributed by atoms with E-state index in [2.05, 4.69) is 78.0 Å². The molecule has 0 bridgehead atoms. The van der Waals surface area contributed by atoms with Gasteiger partial charge in [-0.1, -0.05) is 49.0 Å². The van der Waals surface area contributed by atoms with E-state index in [-0.39, 0.29) is 0 Å². The Morgan fingerprint density at radius 1 is 0.762 bits per heavy atom. The van der Waals surface area contributed by atoms with Crippen molar-refractivity contribution >= 4 is 32.4 Å². The van der Waals surface area contributed by atoms with Crippen LogP contribution < -0.4 is 4.57 Å². The third-order valence-electron chi connectivity index (χ3n) is 4.06. The molecule has 0 saturated carbocycles. The Bertz CT molecular complexity index is 983. The molecule has 0 aliphatic heterocycles. The molecule has 4 rings (SSSR count). The Morgan fingerprint density at radius 2 is 1.48 bits per heavy atom. The zero-order valence-electron chi connectivity index (χ0n) is 11.8. The number of hydrogen-bond acceptors (Lipinski definition) is 0. The fourth-order valence-corrected chi connectivity index (χ4v) is 3.15. The van der Waals surface area contributed by atoms with E-state index >= 15 is 0 Å². The topological polar surface area (TPSA) is 3.88 Å². The first kappa shape index (κ1) is 12.1. The van der Waals surface area contributed by atoms with Crippen molar-refractivity contribution in [1.29, 1.82) is 0 Å². The molecule has 0 radical (unpaired) electrons. The van der Waals surface area contributed by atoms with Crippen LogP contribution in [0.5, 0.6) is 0 Å². The fourth-order valence-electron chi connectivity index (χ4n) is 3.15. The van der Waals surface area contributed by atoms with Gasteiger partial charge in [0.15, 0.2) is 12.7 Å². The van der Waals surface area contributed by atoms with Gasteiger partial charge in [0.25, 0.3) is 0 Å². The minimum atomic E-state index is 0.815. The van der Waals surface area contributed by atoms with E-state index in [4.69, 9.17) is 0 Å². The molecule has 0 unspecified atom stereocenters. The molecule has 21 heavy (non-hydrogen) atoms. The monoisotopic (exact) mass is 270 g/mol. The predicted octanol–water partition coefficient (Wildman–Crippen LogP) is 4.62. The molecule has 1 aromatic heterocycles. The third kappa shape index (κ3) is 1.82. The molecule has 0 spiro atoms. The number of rotatable bonds is 2. The van der Waals surface area contributed by atoms with Crippen LogP contribution >= 0.6 is 0 Å². The summed E-state index contributed by atoms with van der Waals surface area (Å²) in [6, 6.07) is 21.6. The molecule has 1 heterocycles. The van der Waals surface area contributed by atoms with Gasteiger partial charge in [-0.05, 0) is 29.7 Å². The number of fused-ring (bicyclic) bond motifs is 5. The highest BCUT2D eigenvalue weighted by atomic mass is 14.9. The smallest absolute Gasteiger partial charge is 0.193 e. The van der Waals surface area contributed by atoms with E-state index in [1.54, 1.807) is 0 Å². The molecular weight excluding hydrogens is 254 g/mol. The van der Waals surface area contributed by atoms with E-state index < -0.39 is 0 Å². The normalized spacial score (nSPS) is 11.2. The summed E-state index contributed by atoms with van der Waals surface area (Å²) in [5, 5.41) is 6.44. The SMILES string of the molecule is C=CC[n+]1cc2ccccc2c2ccc3ccccc3c21. The molecule has 1 nitrogen and oxygen atoms in total. The summed E-state index contributed by atoms with van der Waals surface area (Å²) >= 11 is 0. The number of allylic oxidation sites excluding steroid dienone is 1. The summed E-state index contributed by atoms with van der Waals surface area (Å²) in [6.07, 6.45) is 4.18. The molecule has 0 atom stereocenters. The van der Waals surface area contributed by atoms with Crippen LogP contribution in [-0.2, 0) is 6.54 Å².